The molecule has 0 aliphatic carbocycles. The first kappa shape index (κ1) is 19.8. The van der Waals surface area contributed by atoms with E-state index in [-0.39, 0.29) is 17.4 Å². The van der Waals surface area contributed by atoms with Crippen LogP contribution in [0.2, 0.25) is 0 Å². The van der Waals surface area contributed by atoms with Crippen LogP contribution in [0, 0.1) is 5.92 Å². The van der Waals surface area contributed by atoms with Gasteiger partial charge in [0.05, 0.1) is 11.5 Å². The van der Waals surface area contributed by atoms with Gasteiger partial charge in [-0.05, 0) is 18.2 Å². The highest BCUT2D eigenvalue weighted by atomic mass is 32.2. The zero-order valence-corrected chi connectivity index (χ0v) is 16.2. The van der Waals surface area contributed by atoms with E-state index in [1.165, 1.54) is 34.7 Å². The van der Waals surface area contributed by atoms with Crippen molar-refractivity contribution in [2.45, 2.75) is 17.9 Å². The molecule has 2 aliphatic rings. The summed E-state index contributed by atoms with van der Waals surface area (Å²) < 4.78 is 40.3. The van der Waals surface area contributed by atoms with Crippen molar-refractivity contribution in [2.75, 3.05) is 36.8 Å². The predicted molar refractivity (Wildman–Crippen MR) is 103 cm³/mol. The van der Waals surface area contributed by atoms with Crippen molar-refractivity contribution in [3.63, 3.8) is 0 Å². The molecule has 1 aromatic heterocycles. The number of aromatic nitrogens is 2. The quantitative estimate of drug-likeness (QED) is 0.693. The highest BCUT2D eigenvalue weighted by Crippen LogP contribution is 2.32. The number of hydrogen-bond donors (Lipinski definition) is 0. The Bertz CT molecular complexity index is 970. The number of thioether (sulfide) groups is 1. The number of carbonyl (C=O) groups is 1. The molecule has 4 rings (SSSR count). The second kappa shape index (κ2) is 7.74. The molecule has 1 aromatic carbocycles. The van der Waals surface area contributed by atoms with E-state index in [0.29, 0.717) is 49.3 Å². The summed E-state index contributed by atoms with van der Waals surface area (Å²) >= 11 is 1.39. The zero-order chi connectivity index (χ0) is 20.6. The minimum absolute atomic E-state index is 0.0254. The molecule has 1 amide bonds. The average molecular weight is 424 g/mol. The third-order valence-corrected chi connectivity index (χ3v) is 6.35. The SMILES string of the molecule is O=C([C@@H]1CSc2nccc(=O)n2C1)N1CCN(c2cccc(C(F)(F)F)c2)CC1. The van der Waals surface area contributed by atoms with Crippen molar-refractivity contribution >= 4 is 23.4 Å². The van der Waals surface area contributed by atoms with Gasteiger partial charge < -0.3 is 9.80 Å². The van der Waals surface area contributed by atoms with E-state index < -0.39 is 11.7 Å². The van der Waals surface area contributed by atoms with Crippen LogP contribution in [0.25, 0.3) is 0 Å². The summed E-state index contributed by atoms with van der Waals surface area (Å²) in [4.78, 5) is 32.7. The molecule has 1 fully saturated rings. The number of halogens is 3. The van der Waals surface area contributed by atoms with Crippen LogP contribution in [0.1, 0.15) is 5.56 Å². The predicted octanol–water partition coefficient (Wildman–Crippen LogP) is 2.33. The minimum Gasteiger partial charge on any atom is -0.368 e. The van der Waals surface area contributed by atoms with Gasteiger partial charge in [0.2, 0.25) is 5.91 Å². The monoisotopic (exact) mass is 424 g/mol. The van der Waals surface area contributed by atoms with E-state index in [1.54, 1.807) is 11.0 Å². The Morgan fingerprint density at radius 3 is 2.62 bits per heavy atom. The van der Waals surface area contributed by atoms with Gasteiger partial charge in [0.15, 0.2) is 5.16 Å². The largest absolute Gasteiger partial charge is 0.416 e. The maximum Gasteiger partial charge on any atom is 0.416 e. The Kier molecular flexibility index (Phi) is 5.28. The number of fused-ring (bicyclic) bond motifs is 1. The molecule has 1 saturated heterocycles. The summed E-state index contributed by atoms with van der Waals surface area (Å²) in [5.74, 6) is 0.223. The molecule has 0 N–H and O–H groups in total. The van der Waals surface area contributed by atoms with E-state index >= 15 is 0 Å². The summed E-state index contributed by atoms with van der Waals surface area (Å²) in [6.45, 7) is 2.10. The molecule has 2 aliphatic heterocycles. The molecule has 2 aromatic rings. The molecule has 0 saturated carbocycles. The number of alkyl halides is 3. The van der Waals surface area contributed by atoms with Gasteiger partial charge in [0.1, 0.15) is 0 Å². The Morgan fingerprint density at radius 1 is 1.14 bits per heavy atom. The molecule has 154 valence electrons. The standard InChI is InChI=1S/C19H19F3N4O2S/c20-19(21,22)14-2-1-3-15(10-14)24-6-8-25(9-7-24)17(28)13-11-26-16(27)4-5-23-18(26)29-12-13/h1-5,10,13H,6-9,11-12H2/t13-/m0/s1. The Morgan fingerprint density at radius 2 is 1.90 bits per heavy atom. The lowest BCUT2D eigenvalue weighted by Gasteiger charge is -2.38. The van der Waals surface area contributed by atoms with Gasteiger partial charge in [-0.15, -0.1) is 0 Å². The van der Waals surface area contributed by atoms with Crippen LogP contribution >= 0.6 is 11.8 Å². The number of benzene rings is 1. The van der Waals surface area contributed by atoms with E-state index in [2.05, 4.69) is 4.98 Å². The zero-order valence-electron chi connectivity index (χ0n) is 15.4. The summed E-state index contributed by atoms with van der Waals surface area (Å²) in [5, 5.41) is 0.621. The second-order valence-electron chi connectivity index (χ2n) is 7.04. The molecular formula is C19H19F3N4O2S. The van der Waals surface area contributed by atoms with Crippen molar-refractivity contribution in [1.82, 2.24) is 14.5 Å². The molecular weight excluding hydrogens is 405 g/mol. The van der Waals surface area contributed by atoms with Crippen LogP contribution in [0.3, 0.4) is 0 Å². The van der Waals surface area contributed by atoms with Gasteiger partial charge in [0, 0.05) is 56.4 Å². The molecule has 29 heavy (non-hydrogen) atoms. The molecule has 0 bridgehead atoms. The Hall–Kier alpha value is -2.49. The van der Waals surface area contributed by atoms with E-state index in [1.807, 2.05) is 4.90 Å². The lowest BCUT2D eigenvalue weighted by molar-refractivity contribution is -0.137. The third-order valence-electron chi connectivity index (χ3n) is 5.19. The molecule has 1 atom stereocenters. The van der Waals surface area contributed by atoms with Crippen molar-refractivity contribution in [3.05, 3.63) is 52.4 Å². The summed E-state index contributed by atoms with van der Waals surface area (Å²) in [6.07, 6.45) is -2.91. The average Bonchev–Trinajstić information content (AvgIpc) is 2.73. The topological polar surface area (TPSA) is 58.4 Å². The van der Waals surface area contributed by atoms with Crippen LogP contribution in [0.15, 0.2) is 46.5 Å². The van der Waals surface area contributed by atoms with Crippen LogP contribution in [0.4, 0.5) is 18.9 Å². The van der Waals surface area contributed by atoms with Crippen LogP contribution in [-0.4, -0.2) is 52.3 Å². The van der Waals surface area contributed by atoms with Crippen molar-refractivity contribution in [1.29, 1.82) is 0 Å². The normalized spacial score (nSPS) is 19.8. The number of rotatable bonds is 2. The highest BCUT2D eigenvalue weighted by Gasteiger charge is 2.33. The van der Waals surface area contributed by atoms with Crippen LogP contribution < -0.4 is 10.5 Å². The highest BCUT2D eigenvalue weighted by molar-refractivity contribution is 7.99. The maximum atomic E-state index is 12.9. The summed E-state index contributed by atoms with van der Waals surface area (Å²) in [7, 11) is 0. The first-order chi connectivity index (χ1) is 13.8. The van der Waals surface area contributed by atoms with Gasteiger partial charge >= 0.3 is 6.18 Å². The Balaban J connectivity index is 1.40. The fourth-order valence-corrected chi connectivity index (χ4v) is 4.68. The number of hydrogen-bond acceptors (Lipinski definition) is 5. The minimum atomic E-state index is -4.38. The summed E-state index contributed by atoms with van der Waals surface area (Å²) in [6, 6.07) is 6.63. The lowest BCUT2D eigenvalue weighted by atomic mass is 10.1. The van der Waals surface area contributed by atoms with Gasteiger partial charge in [-0.25, -0.2) is 4.98 Å². The molecule has 0 spiro atoms. The maximum absolute atomic E-state index is 12.9. The smallest absolute Gasteiger partial charge is 0.368 e. The first-order valence-electron chi connectivity index (χ1n) is 9.22. The van der Waals surface area contributed by atoms with E-state index in [9.17, 15) is 22.8 Å². The molecule has 6 nitrogen and oxygen atoms in total. The van der Waals surface area contributed by atoms with Crippen molar-refractivity contribution in [2.24, 2.45) is 5.92 Å². The fraction of sp³-hybridized carbons (Fsp3) is 0.421. The number of anilines is 1. The third kappa shape index (κ3) is 4.12. The van der Waals surface area contributed by atoms with E-state index in [0.717, 1.165) is 12.1 Å². The molecule has 0 unspecified atom stereocenters. The van der Waals surface area contributed by atoms with Gasteiger partial charge in [-0.2, -0.15) is 13.2 Å². The second-order valence-corrected chi connectivity index (χ2v) is 8.03. The van der Waals surface area contributed by atoms with Crippen molar-refractivity contribution < 1.29 is 18.0 Å². The van der Waals surface area contributed by atoms with Gasteiger partial charge in [-0.3, -0.25) is 14.2 Å². The number of amides is 1. The summed E-state index contributed by atoms with van der Waals surface area (Å²) in [5.41, 5.74) is -0.341. The van der Waals surface area contributed by atoms with E-state index in [4.69, 9.17) is 0 Å². The number of piperazine rings is 1. The lowest BCUT2D eigenvalue weighted by Crippen LogP contribution is -2.52. The molecule has 0 radical (unpaired) electrons. The van der Waals surface area contributed by atoms with Crippen molar-refractivity contribution in [3.8, 4) is 0 Å². The molecule has 10 heteroatoms. The van der Waals surface area contributed by atoms with Crippen LogP contribution in [-0.2, 0) is 17.5 Å². The molecule has 3 heterocycles. The number of nitrogens with zero attached hydrogens (tertiary/aromatic N) is 4. The van der Waals surface area contributed by atoms with Gasteiger partial charge in [0.25, 0.3) is 5.56 Å². The fourth-order valence-electron chi connectivity index (χ4n) is 3.62. The first-order valence-corrected chi connectivity index (χ1v) is 10.2. The van der Waals surface area contributed by atoms with Crippen LogP contribution in [0.5, 0.6) is 0 Å². The Labute approximate surface area is 169 Å². The van der Waals surface area contributed by atoms with Gasteiger partial charge in [-0.1, -0.05) is 17.8 Å². The number of carbonyl (C=O) groups excluding carboxylic acids is 1.